The van der Waals surface area contributed by atoms with Crippen LogP contribution in [0.4, 0.5) is 0 Å². The Hall–Kier alpha value is -1.30. The molecule has 1 rings (SSSR count). The largest absolute Gasteiger partial charge is 0.493 e. The van der Waals surface area contributed by atoms with Gasteiger partial charge in [-0.3, -0.25) is 9.36 Å². The molecule has 0 saturated heterocycles. The van der Waals surface area contributed by atoms with Crippen molar-refractivity contribution in [3.63, 3.8) is 0 Å². The first-order valence-corrected chi connectivity index (χ1v) is 4.18. The van der Waals surface area contributed by atoms with E-state index in [0.717, 1.165) is 0 Å². The second kappa shape index (κ2) is 4.08. The zero-order valence-corrected chi connectivity index (χ0v) is 7.93. The fraction of sp³-hybridized carbons (Fsp3) is 0.429. The molecule has 5 nitrogen and oxygen atoms in total. The van der Waals surface area contributed by atoms with Gasteiger partial charge < -0.3 is 14.8 Å². The molecule has 0 spiro atoms. The second-order valence-electron chi connectivity index (χ2n) is 2.34. The minimum Gasteiger partial charge on any atom is -0.493 e. The van der Waals surface area contributed by atoms with Gasteiger partial charge in [0.15, 0.2) is 4.77 Å². The molecule has 0 aromatic carbocycles. The lowest BCUT2D eigenvalue weighted by Crippen LogP contribution is -2.13. The van der Waals surface area contributed by atoms with E-state index in [2.05, 4.69) is 4.98 Å². The second-order valence-corrected chi connectivity index (χ2v) is 2.73. The van der Waals surface area contributed by atoms with Gasteiger partial charge in [0.1, 0.15) is 6.54 Å². The van der Waals surface area contributed by atoms with E-state index in [-0.39, 0.29) is 12.4 Å². The molecule has 72 valence electrons. The van der Waals surface area contributed by atoms with Gasteiger partial charge >= 0.3 is 5.97 Å². The van der Waals surface area contributed by atoms with Gasteiger partial charge in [0, 0.05) is 0 Å². The lowest BCUT2D eigenvalue weighted by atomic mass is 10.6. The maximum atomic E-state index is 11.0. The molecule has 1 aromatic heterocycles. The van der Waals surface area contributed by atoms with Crippen molar-refractivity contribution in [1.82, 2.24) is 9.55 Å². The van der Waals surface area contributed by atoms with Crippen molar-refractivity contribution >= 4 is 18.2 Å². The average Bonchev–Trinajstić information content (AvgIpc) is 2.36. The Kier molecular flexibility index (Phi) is 3.07. The van der Waals surface area contributed by atoms with E-state index in [1.807, 2.05) is 0 Å². The van der Waals surface area contributed by atoms with Gasteiger partial charge in [0.05, 0.1) is 12.8 Å². The van der Waals surface area contributed by atoms with Crippen LogP contribution >= 0.6 is 12.2 Å². The lowest BCUT2D eigenvalue weighted by Gasteiger charge is -2.03. The van der Waals surface area contributed by atoms with Gasteiger partial charge in [-0.15, -0.1) is 0 Å². The Balaban J connectivity index is 2.74. The Labute approximate surface area is 80.0 Å². The van der Waals surface area contributed by atoms with Crippen molar-refractivity contribution in [3.05, 3.63) is 11.0 Å². The fourth-order valence-corrected chi connectivity index (χ4v) is 1.09. The van der Waals surface area contributed by atoms with Crippen molar-refractivity contribution in [2.24, 2.45) is 0 Å². The number of hydrogen-bond donors (Lipinski definition) is 2. The number of hydrogen-bond acceptors (Lipinski definition) is 4. The number of rotatable bonds is 3. The molecule has 0 aliphatic carbocycles. The first-order valence-electron chi connectivity index (χ1n) is 3.78. The quantitative estimate of drug-likeness (QED) is 0.562. The van der Waals surface area contributed by atoms with E-state index in [4.69, 9.17) is 17.0 Å². The van der Waals surface area contributed by atoms with Crippen LogP contribution in [0.15, 0.2) is 6.20 Å². The number of carbonyl (C=O) groups is 1. The highest BCUT2D eigenvalue weighted by Crippen LogP contribution is 2.08. The number of esters is 1. The third kappa shape index (κ3) is 2.32. The standard InChI is InChI=1S/C7H10N2O3S/c1-2-12-6(11)4-9-5(10)3-8-7(9)13/h3,10H,2,4H2,1H3,(H,8,13). The summed E-state index contributed by atoms with van der Waals surface area (Å²) >= 11 is 4.82. The van der Waals surface area contributed by atoms with Gasteiger partial charge in [0.2, 0.25) is 5.88 Å². The van der Waals surface area contributed by atoms with E-state index < -0.39 is 5.97 Å². The molecule has 0 bridgehead atoms. The molecule has 13 heavy (non-hydrogen) atoms. The molecule has 1 heterocycles. The molecule has 6 heteroatoms. The van der Waals surface area contributed by atoms with Crippen LogP contribution in [0.1, 0.15) is 6.92 Å². The first-order chi connectivity index (χ1) is 6.15. The van der Waals surface area contributed by atoms with Crippen molar-refractivity contribution in [2.45, 2.75) is 13.5 Å². The molecular weight excluding hydrogens is 192 g/mol. The summed E-state index contributed by atoms with van der Waals surface area (Å²) < 4.78 is 6.25. The minimum atomic E-state index is -0.423. The molecule has 0 radical (unpaired) electrons. The SMILES string of the molecule is CCOC(=O)Cn1c(O)c[nH]c1=S. The molecule has 2 N–H and O–H groups in total. The molecule has 0 aliphatic rings. The lowest BCUT2D eigenvalue weighted by molar-refractivity contribution is -0.143. The smallest absolute Gasteiger partial charge is 0.326 e. The van der Waals surface area contributed by atoms with Crippen LogP contribution in [0.5, 0.6) is 5.88 Å². The number of nitrogens with one attached hydrogen (secondary N) is 1. The van der Waals surface area contributed by atoms with E-state index in [1.165, 1.54) is 10.8 Å². The molecule has 0 saturated carbocycles. The molecule has 0 amide bonds. The Morgan fingerprint density at radius 2 is 2.54 bits per heavy atom. The molecular formula is C7H10N2O3S. The number of aromatic hydroxyl groups is 1. The summed E-state index contributed by atoms with van der Waals surface area (Å²) in [5, 5.41) is 9.21. The highest BCUT2D eigenvalue weighted by molar-refractivity contribution is 7.71. The summed E-state index contributed by atoms with van der Waals surface area (Å²) in [5.74, 6) is -0.494. The van der Waals surface area contributed by atoms with E-state index in [1.54, 1.807) is 6.92 Å². The van der Waals surface area contributed by atoms with Crippen LogP contribution in [0.25, 0.3) is 0 Å². The summed E-state index contributed by atoms with van der Waals surface area (Å²) in [7, 11) is 0. The molecule has 0 atom stereocenters. The maximum Gasteiger partial charge on any atom is 0.326 e. The molecule has 1 aromatic rings. The predicted octanol–water partition coefficient (Wildman–Crippen LogP) is 0.814. The number of aromatic nitrogens is 2. The third-order valence-electron chi connectivity index (χ3n) is 1.44. The zero-order valence-electron chi connectivity index (χ0n) is 7.11. The van der Waals surface area contributed by atoms with E-state index in [0.29, 0.717) is 11.4 Å². The van der Waals surface area contributed by atoms with E-state index in [9.17, 15) is 9.90 Å². The van der Waals surface area contributed by atoms with Crippen LogP contribution in [-0.4, -0.2) is 27.2 Å². The summed E-state index contributed by atoms with van der Waals surface area (Å²) in [6.07, 6.45) is 1.32. The van der Waals surface area contributed by atoms with Crippen LogP contribution in [-0.2, 0) is 16.1 Å². The van der Waals surface area contributed by atoms with Crippen molar-refractivity contribution in [2.75, 3.05) is 6.61 Å². The Bertz CT molecular complexity index is 355. The van der Waals surface area contributed by atoms with Crippen molar-refractivity contribution in [3.8, 4) is 5.88 Å². The number of nitrogens with zero attached hydrogens (tertiary/aromatic N) is 1. The summed E-state index contributed by atoms with van der Waals surface area (Å²) in [6.45, 7) is 1.97. The van der Waals surface area contributed by atoms with Crippen LogP contribution in [0.3, 0.4) is 0 Å². The first kappa shape index (κ1) is 9.79. The van der Waals surface area contributed by atoms with Gasteiger partial charge in [-0.1, -0.05) is 0 Å². The van der Waals surface area contributed by atoms with Crippen LogP contribution in [0, 0.1) is 4.77 Å². The number of H-pyrrole nitrogens is 1. The normalized spacial score (nSPS) is 9.92. The van der Waals surface area contributed by atoms with E-state index >= 15 is 0 Å². The van der Waals surface area contributed by atoms with Gasteiger partial charge in [-0.25, -0.2) is 0 Å². The van der Waals surface area contributed by atoms with Crippen LogP contribution in [0.2, 0.25) is 0 Å². The average molecular weight is 202 g/mol. The van der Waals surface area contributed by atoms with Crippen molar-refractivity contribution < 1.29 is 14.6 Å². The minimum absolute atomic E-state index is 0.0675. The summed E-state index contributed by atoms with van der Waals surface area (Å²) in [4.78, 5) is 13.6. The number of ether oxygens (including phenoxy) is 1. The highest BCUT2D eigenvalue weighted by atomic mass is 32.1. The molecule has 0 aliphatic heterocycles. The summed E-state index contributed by atoms with van der Waals surface area (Å²) in [6, 6.07) is 0. The van der Waals surface area contributed by atoms with Gasteiger partial charge in [-0.2, -0.15) is 0 Å². The highest BCUT2D eigenvalue weighted by Gasteiger charge is 2.07. The topological polar surface area (TPSA) is 67.2 Å². The monoisotopic (exact) mass is 202 g/mol. The summed E-state index contributed by atoms with van der Waals surface area (Å²) in [5.41, 5.74) is 0. The maximum absolute atomic E-state index is 11.0. The Morgan fingerprint density at radius 3 is 3.00 bits per heavy atom. The van der Waals surface area contributed by atoms with Gasteiger partial charge in [0.25, 0.3) is 0 Å². The van der Waals surface area contributed by atoms with Crippen LogP contribution < -0.4 is 0 Å². The third-order valence-corrected chi connectivity index (χ3v) is 1.78. The van der Waals surface area contributed by atoms with Crippen molar-refractivity contribution in [1.29, 1.82) is 0 Å². The number of aromatic amines is 1. The molecule has 0 unspecified atom stereocenters. The fourth-order valence-electron chi connectivity index (χ4n) is 0.875. The zero-order chi connectivity index (χ0) is 9.84. The van der Waals surface area contributed by atoms with Gasteiger partial charge in [-0.05, 0) is 19.1 Å². The number of imidazole rings is 1. The molecule has 0 fully saturated rings. The Morgan fingerprint density at radius 1 is 1.85 bits per heavy atom. The number of carbonyl (C=O) groups excluding carboxylic acids is 1. The predicted molar refractivity (Wildman–Crippen MR) is 47.9 cm³/mol.